The number of nitrogens with zero attached hydrogens (tertiary/aromatic N) is 1. The maximum absolute atomic E-state index is 12.6. The molecule has 0 aliphatic rings. The average Bonchev–Trinajstić information content (AvgIpc) is 2.78. The molecule has 188 valence electrons. The van der Waals surface area contributed by atoms with Gasteiger partial charge < -0.3 is 29.6 Å². The molecule has 1 aromatic heterocycles. The molecule has 2 rings (SSSR count). The van der Waals surface area contributed by atoms with E-state index in [1.807, 2.05) is 13.0 Å². The van der Waals surface area contributed by atoms with Crippen LogP contribution in [0.2, 0.25) is 0 Å². The van der Waals surface area contributed by atoms with Crippen molar-refractivity contribution in [2.75, 3.05) is 37.7 Å². The number of thioether (sulfide) groups is 1. The largest absolute Gasteiger partial charge is 0.491 e. The molecule has 0 saturated carbocycles. The Kier molecular flexibility index (Phi) is 10.9. The Morgan fingerprint density at radius 2 is 1.94 bits per heavy atom. The topological polar surface area (TPSA) is 129 Å². The van der Waals surface area contributed by atoms with Gasteiger partial charge >= 0.3 is 11.6 Å². The summed E-state index contributed by atoms with van der Waals surface area (Å²) in [5.41, 5.74) is 1.65. The number of aliphatic hydroxyl groups excluding tert-OH is 1. The molecule has 1 amide bonds. The van der Waals surface area contributed by atoms with Crippen LogP contribution in [0.15, 0.2) is 27.4 Å². The van der Waals surface area contributed by atoms with Crippen molar-refractivity contribution < 1.29 is 29.0 Å². The molecule has 0 aliphatic heterocycles. The number of amides is 1. The SMILES string of the molecule is CCN(CC)CCc1c(C)c2ccc(OCC(O)CSC[C@H](NC(C)=O)C(=O)O)cc2oc1=O. The lowest BCUT2D eigenvalue weighted by atomic mass is 10.0. The van der Waals surface area contributed by atoms with E-state index in [9.17, 15) is 19.5 Å². The van der Waals surface area contributed by atoms with E-state index in [2.05, 4.69) is 24.1 Å². The van der Waals surface area contributed by atoms with E-state index in [1.165, 1.54) is 18.7 Å². The summed E-state index contributed by atoms with van der Waals surface area (Å²) in [6.07, 6.45) is -0.220. The summed E-state index contributed by atoms with van der Waals surface area (Å²) in [6, 6.07) is 4.23. The number of hydrogen-bond acceptors (Lipinski definition) is 8. The quantitative estimate of drug-likeness (QED) is 0.338. The number of ether oxygens (including phenoxy) is 1. The first-order chi connectivity index (χ1) is 16.2. The summed E-state index contributed by atoms with van der Waals surface area (Å²) in [5.74, 6) is -0.732. The maximum atomic E-state index is 12.6. The molecule has 34 heavy (non-hydrogen) atoms. The molecule has 9 nitrogen and oxygen atoms in total. The predicted octanol–water partition coefficient (Wildman–Crippen LogP) is 2.05. The summed E-state index contributed by atoms with van der Waals surface area (Å²) in [6.45, 7) is 9.99. The summed E-state index contributed by atoms with van der Waals surface area (Å²) >= 11 is 1.20. The van der Waals surface area contributed by atoms with Gasteiger partial charge in [0.2, 0.25) is 5.91 Å². The lowest BCUT2D eigenvalue weighted by molar-refractivity contribution is -0.140. The zero-order valence-corrected chi connectivity index (χ0v) is 20.9. The van der Waals surface area contributed by atoms with Gasteiger partial charge in [0.05, 0.1) is 6.10 Å². The Morgan fingerprint density at radius 1 is 1.24 bits per heavy atom. The third kappa shape index (κ3) is 8.03. The first-order valence-electron chi connectivity index (χ1n) is 11.3. The minimum Gasteiger partial charge on any atom is -0.491 e. The van der Waals surface area contributed by atoms with Crippen molar-refractivity contribution in [1.29, 1.82) is 0 Å². The molecule has 2 atom stereocenters. The van der Waals surface area contributed by atoms with E-state index in [0.29, 0.717) is 23.3 Å². The van der Waals surface area contributed by atoms with Crippen molar-refractivity contribution in [3.63, 3.8) is 0 Å². The second-order valence-corrected chi connectivity index (χ2v) is 9.10. The molecule has 0 saturated heterocycles. The molecule has 1 heterocycles. The average molecular weight is 495 g/mol. The fraction of sp³-hybridized carbons (Fsp3) is 0.542. The highest BCUT2D eigenvalue weighted by Gasteiger charge is 2.19. The van der Waals surface area contributed by atoms with Gasteiger partial charge in [-0.05, 0) is 44.1 Å². The molecule has 10 heteroatoms. The monoisotopic (exact) mass is 494 g/mol. The standard InChI is InChI=1S/C24H34N2O7S/c1-5-26(6-2)10-9-20-15(3)19-8-7-18(11-22(19)33-24(20)31)32-12-17(28)13-34-14-21(23(29)30)25-16(4)27/h7-8,11,17,21,28H,5-6,9-10,12-14H2,1-4H3,(H,25,27)(H,29,30)/t17?,21-/m0/s1. The van der Waals surface area contributed by atoms with Gasteiger partial charge in [0.25, 0.3) is 0 Å². The number of carbonyl (C=O) groups excluding carboxylic acids is 1. The number of carbonyl (C=O) groups is 2. The molecule has 0 aliphatic carbocycles. The number of fused-ring (bicyclic) bond motifs is 1. The minimum atomic E-state index is -1.13. The number of hydrogen-bond donors (Lipinski definition) is 3. The lowest BCUT2D eigenvalue weighted by Crippen LogP contribution is -2.41. The third-order valence-corrected chi connectivity index (χ3v) is 6.73. The number of carboxylic acids is 1. The molecular weight excluding hydrogens is 460 g/mol. The number of nitrogens with one attached hydrogen (secondary N) is 1. The molecule has 0 fully saturated rings. The van der Waals surface area contributed by atoms with E-state index < -0.39 is 24.0 Å². The zero-order chi connectivity index (χ0) is 25.3. The minimum absolute atomic E-state index is 0.0124. The Bertz CT molecular complexity index is 1040. The molecule has 1 aromatic carbocycles. The van der Waals surface area contributed by atoms with Gasteiger partial charge in [0, 0.05) is 42.0 Å². The fourth-order valence-corrected chi connectivity index (χ4v) is 4.51. The Morgan fingerprint density at radius 3 is 2.56 bits per heavy atom. The number of aryl methyl sites for hydroxylation is 1. The second-order valence-electron chi connectivity index (χ2n) is 8.02. The van der Waals surface area contributed by atoms with Crippen molar-refractivity contribution in [3.05, 3.63) is 39.7 Å². The van der Waals surface area contributed by atoms with Crippen LogP contribution in [-0.2, 0) is 16.0 Å². The van der Waals surface area contributed by atoms with Crippen molar-refractivity contribution in [1.82, 2.24) is 10.2 Å². The molecule has 0 bridgehead atoms. The number of benzene rings is 1. The fourth-order valence-electron chi connectivity index (χ4n) is 3.55. The summed E-state index contributed by atoms with van der Waals surface area (Å²) in [4.78, 5) is 37.0. The molecule has 1 unspecified atom stereocenters. The summed E-state index contributed by atoms with van der Waals surface area (Å²) < 4.78 is 11.2. The highest BCUT2D eigenvalue weighted by atomic mass is 32.2. The van der Waals surface area contributed by atoms with Crippen LogP contribution in [0.1, 0.15) is 31.9 Å². The van der Waals surface area contributed by atoms with Crippen molar-refractivity contribution in [3.8, 4) is 5.75 Å². The van der Waals surface area contributed by atoms with Crippen LogP contribution in [0.4, 0.5) is 0 Å². The normalized spacial score (nSPS) is 13.1. The van der Waals surface area contributed by atoms with Crippen LogP contribution in [0.3, 0.4) is 0 Å². The molecular formula is C24H34N2O7S. The number of aliphatic carboxylic acids is 1. The Balaban J connectivity index is 1.96. The Hall–Kier alpha value is -2.56. The highest BCUT2D eigenvalue weighted by molar-refractivity contribution is 7.99. The van der Waals surface area contributed by atoms with Gasteiger partial charge in [0.15, 0.2) is 0 Å². The zero-order valence-electron chi connectivity index (χ0n) is 20.1. The van der Waals surface area contributed by atoms with Crippen LogP contribution in [0.25, 0.3) is 11.0 Å². The van der Waals surface area contributed by atoms with Crippen LogP contribution >= 0.6 is 11.8 Å². The van der Waals surface area contributed by atoms with E-state index in [0.717, 1.165) is 30.6 Å². The second kappa shape index (κ2) is 13.4. The van der Waals surface area contributed by atoms with Crippen LogP contribution in [0, 0.1) is 6.92 Å². The summed E-state index contributed by atoms with van der Waals surface area (Å²) in [5, 5.41) is 22.5. The van der Waals surface area contributed by atoms with E-state index >= 15 is 0 Å². The van der Waals surface area contributed by atoms with Gasteiger partial charge in [-0.25, -0.2) is 9.59 Å². The number of likely N-dealkylation sites (N-methyl/N-ethyl adjacent to an activating group) is 1. The van der Waals surface area contributed by atoms with E-state index in [4.69, 9.17) is 14.3 Å². The number of carboxylic acid groups (broad SMARTS) is 1. The first kappa shape index (κ1) is 27.7. The smallest absolute Gasteiger partial charge is 0.339 e. The van der Waals surface area contributed by atoms with Gasteiger partial charge in [-0.1, -0.05) is 13.8 Å². The maximum Gasteiger partial charge on any atom is 0.339 e. The molecule has 3 N–H and O–H groups in total. The highest BCUT2D eigenvalue weighted by Crippen LogP contribution is 2.24. The van der Waals surface area contributed by atoms with Gasteiger partial charge in [0.1, 0.15) is 24.0 Å². The predicted molar refractivity (Wildman–Crippen MR) is 133 cm³/mol. The molecule has 0 spiro atoms. The number of rotatable bonds is 14. The van der Waals surface area contributed by atoms with Gasteiger partial charge in [-0.3, -0.25) is 4.79 Å². The van der Waals surface area contributed by atoms with Crippen molar-refractivity contribution >= 4 is 34.6 Å². The van der Waals surface area contributed by atoms with Crippen LogP contribution in [0.5, 0.6) is 5.75 Å². The van der Waals surface area contributed by atoms with E-state index in [1.54, 1.807) is 12.1 Å². The third-order valence-electron chi connectivity index (χ3n) is 5.54. The number of aliphatic hydroxyl groups is 1. The molecule has 0 radical (unpaired) electrons. The lowest BCUT2D eigenvalue weighted by Gasteiger charge is -2.18. The summed E-state index contributed by atoms with van der Waals surface area (Å²) in [7, 11) is 0. The van der Waals surface area contributed by atoms with Crippen molar-refractivity contribution in [2.45, 2.75) is 46.3 Å². The first-order valence-corrected chi connectivity index (χ1v) is 12.5. The van der Waals surface area contributed by atoms with Gasteiger partial charge in [-0.2, -0.15) is 11.8 Å². The van der Waals surface area contributed by atoms with Gasteiger partial charge in [-0.15, -0.1) is 0 Å². The van der Waals surface area contributed by atoms with Crippen LogP contribution < -0.4 is 15.7 Å². The van der Waals surface area contributed by atoms with Crippen molar-refractivity contribution in [2.24, 2.45) is 0 Å². The van der Waals surface area contributed by atoms with E-state index in [-0.39, 0.29) is 23.7 Å². The molecule has 2 aromatic rings. The Labute approximate surface area is 203 Å². The van der Waals surface area contributed by atoms with Crippen LogP contribution in [-0.4, -0.2) is 76.9 Å².